The zero-order valence-electron chi connectivity index (χ0n) is 15.9. The van der Waals surface area contributed by atoms with Gasteiger partial charge in [0.1, 0.15) is 4.90 Å². The number of urea groups is 1. The summed E-state index contributed by atoms with van der Waals surface area (Å²) in [4.78, 5) is 30.7. The Morgan fingerprint density at radius 2 is 1.93 bits per heavy atom. The standard InChI is InChI=1S/C16H20ClN7O4S/c1-5-10(2)22-28-16-20-13(18-14(21-16)24(3)4)19-15(25)23-29(26,27)12-9-7-6-8-11(12)17/h6-9,22H,2,5H2,1,3-4H3,(H2,18,19,20,21,23,25). The molecule has 0 aliphatic carbocycles. The highest BCUT2D eigenvalue weighted by atomic mass is 35.5. The second-order valence-corrected chi connectivity index (χ2v) is 7.85. The molecule has 13 heteroatoms. The molecule has 29 heavy (non-hydrogen) atoms. The summed E-state index contributed by atoms with van der Waals surface area (Å²) in [5.74, 6) is -0.0577. The normalized spacial score (nSPS) is 10.8. The number of carbonyl (C=O) groups is 1. The van der Waals surface area contributed by atoms with Crippen LogP contribution in [0.4, 0.5) is 16.7 Å². The van der Waals surface area contributed by atoms with Gasteiger partial charge in [0, 0.05) is 19.8 Å². The highest BCUT2D eigenvalue weighted by Gasteiger charge is 2.21. The Kier molecular flexibility index (Phi) is 7.18. The second kappa shape index (κ2) is 9.39. The molecule has 0 radical (unpaired) electrons. The van der Waals surface area contributed by atoms with E-state index >= 15 is 0 Å². The van der Waals surface area contributed by atoms with Crippen LogP contribution in [0.25, 0.3) is 0 Å². The first-order valence-electron chi connectivity index (χ1n) is 8.24. The van der Waals surface area contributed by atoms with Gasteiger partial charge in [-0.05, 0) is 18.6 Å². The Morgan fingerprint density at radius 1 is 1.24 bits per heavy atom. The fraction of sp³-hybridized carbons (Fsp3) is 0.250. The zero-order valence-corrected chi connectivity index (χ0v) is 17.5. The van der Waals surface area contributed by atoms with E-state index in [0.29, 0.717) is 12.1 Å². The third-order valence-corrected chi connectivity index (χ3v) is 5.13. The van der Waals surface area contributed by atoms with E-state index in [4.69, 9.17) is 16.4 Å². The molecule has 0 aliphatic rings. The van der Waals surface area contributed by atoms with Gasteiger partial charge in [-0.3, -0.25) is 5.32 Å². The maximum Gasteiger partial charge on any atom is 0.349 e. The molecule has 2 aromatic rings. The zero-order chi connectivity index (χ0) is 21.6. The molecule has 1 heterocycles. The minimum absolute atomic E-state index is 0.0271. The Balaban J connectivity index is 2.19. The van der Waals surface area contributed by atoms with Crippen molar-refractivity contribution in [1.82, 2.24) is 25.2 Å². The lowest BCUT2D eigenvalue weighted by Crippen LogP contribution is -2.35. The van der Waals surface area contributed by atoms with E-state index in [1.165, 1.54) is 18.2 Å². The van der Waals surface area contributed by atoms with Crippen molar-refractivity contribution in [3.63, 3.8) is 0 Å². The molecule has 2 rings (SSSR count). The minimum Gasteiger partial charge on any atom is -0.347 e. The number of rotatable bonds is 8. The summed E-state index contributed by atoms with van der Waals surface area (Å²) in [6, 6.07) is 4.47. The van der Waals surface area contributed by atoms with Crippen LogP contribution in [0.5, 0.6) is 6.01 Å². The van der Waals surface area contributed by atoms with Crippen LogP contribution in [0.2, 0.25) is 5.02 Å². The van der Waals surface area contributed by atoms with E-state index < -0.39 is 16.1 Å². The highest BCUT2D eigenvalue weighted by Crippen LogP contribution is 2.20. The molecule has 1 aromatic carbocycles. The predicted octanol–water partition coefficient (Wildman–Crippen LogP) is 1.91. The Hall–Kier alpha value is -3.12. The van der Waals surface area contributed by atoms with Crippen molar-refractivity contribution in [2.24, 2.45) is 0 Å². The molecule has 3 N–H and O–H groups in total. The van der Waals surface area contributed by atoms with E-state index in [1.807, 2.05) is 11.6 Å². The maximum atomic E-state index is 12.3. The summed E-state index contributed by atoms with van der Waals surface area (Å²) >= 11 is 5.88. The third-order valence-electron chi connectivity index (χ3n) is 3.30. The summed E-state index contributed by atoms with van der Waals surface area (Å²) in [6.07, 6.45) is 0.610. The van der Waals surface area contributed by atoms with Crippen LogP contribution in [0.3, 0.4) is 0 Å². The molecule has 2 amide bonds. The Labute approximate surface area is 173 Å². The number of sulfonamides is 1. The van der Waals surface area contributed by atoms with E-state index in [0.717, 1.165) is 0 Å². The van der Waals surface area contributed by atoms with Crippen LogP contribution in [-0.2, 0) is 10.0 Å². The van der Waals surface area contributed by atoms with Gasteiger partial charge in [-0.25, -0.2) is 23.4 Å². The monoisotopic (exact) mass is 441 g/mol. The van der Waals surface area contributed by atoms with Crippen molar-refractivity contribution in [1.29, 1.82) is 0 Å². The molecule has 0 saturated heterocycles. The number of anilines is 2. The topological polar surface area (TPSA) is 138 Å². The van der Waals surface area contributed by atoms with Gasteiger partial charge in [0.05, 0.1) is 5.02 Å². The fourth-order valence-electron chi connectivity index (χ4n) is 1.80. The number of halogens is 1. The van der Waals surface area contributed by atoms with Crippen LogP contribution < -0.4 is 25.3 Å². The summed E-state index contributed by atoms with van der Waals surface area (Å²) in [6.45, 7) is 5.59. The van der Waals surface area contributed by atoms with Gasteiger partial charge in [-0.15, -0.1) is 0 Å². The summed E-state index contributed by atoms with van der Waals surface area (Å²) in [7, 11) is -0.863. The van der Waals surface area contributed by atoms with Crippen molar-refractivity contribution < 1.29 is 18.0 Å². The lowest BCUT2D eigenvalue weighted by Gasteiger charge is -2.14. The van der Waals surface area contributed by atoms with Crippen molar-refractivity contribution in [2.75, 3.05) is 24.3 Å². The van der Waals surface area contributed by atoms with Gasteiger partial charge < -0.3 is 9.74 Å². The quantitative estimate of drug-likeness (QED) is 0.524. The summed E-state index contributed by atoms with van der Waals surface area (Å²) < 4.78 is 26.5. The number of nitrogens with zero attached hydrogens (tertiary/aromatic N) is 4. The smallest absolute Gasteiger partial charge is 0.347 e. The SMILES string of the molecule is C=C(CC)NOc1nc(NC(=O)NS(=O)(=O)c2ccccc2Cl)nc(N(C)C)n1. The molecular weight excluding hydrogens is 422 g/mol. The highest BCUT2D eigenvalue weighted by molar-refractivity contribution is 7.90. The van der Waals surface area contributed by atoms with E-state index in [2.05, 4.69) is 32.3 Å². The minimum atomic E-state index is -4.20. The molecule has 1 aromatic heterocycles. The number of hydroxylamine groups is 1. The van der Waals surface area contributed by atoms with E-state index in [-0.39, 0.29) is 27.8 Å². The number of amides is 2. The second-order valence-electron chi connectivity index (χ2n) is 5.79. The van der Waals surface area contributed by atoms with Gasteiger partial charge in [0.15, 0.2) is 0 Å². The van der Waals surface area contributed by atoms with E-state index in [9.17, 15) is 13.2 Å². The molecule has 11 nitrogen and oxygen atoms in total. The van der Waals surface area contributed by atoms with Gasteiger partial charge >= 0.3 is 12.0 Å². The molecule has 0 fully saturated rings. The van der Waals surface area contributed by atoms with Crippen LogP contribution in [0, 0.1) is 0 Å². The van der Waals surface area contributed by atoms with Crippen LogP contribution in [0.1, 0.15) is 13.3 Å². The van der Waals surface area contributed by atoms with Gasteiger partial charge in [0.25, 0.3) is 10.0 Å². The van der Waals surface area contributed by atoms with Crippen LogP contribution in [0.15, 0.2) is 41.4 Å². The molecule has 0 spiro atoms. The first-order valence-corrected chi connectivity index (χ1v) is 10.1. The van der Waals surface area contributed by atoms with Crippen LogP contribution in [-0.4, -0.2) is 43.5 Å². The summed E-state index contributed by atoms with van der Waals surface area (Å²) in [5, 5.41) is 2.21. The first-order chi connectivity index (χ1) is 13.6. The average Bonchev–Trinajstić information content (AvgIpc) is 2.65. The number of carbonyl (C=O) groups excluding carboxylic acids is 1. The largest absolute Gasteiger partial charge is 0.349 e. The number of hydrogen-bond acceptors (Lipinski definition) is 9. The number of allylic oxidation sites excluding steroid dienone is 1. The van der Waals surface area contributed by atoms with Crippen molar-refractivity contribution in [3.05, 3.63) is 41.6 Å². The van der Waals surface area contributed by atoms with Crippen LogP contribution >= 0.6 is 11.6 Å². The van der Waals surface area contributed by atoms with Gasteiger partial charge in [-0.2, -0.15) is 15.0 Å². The molecule has 0 bridgehead atoms. The molecule has 156 valence electrons. The Morgan fingerprint density at radius 3 is 2.55 bits per heavy atom. The number of aromatic nitrogens is 3. The number of nitrogens with one attached hydrogen (secondary N) is 3. The molecule has 0 saturated carbocycles. The molecular formula is C16H20ClN7O4S. The Bertz CT molecular complexity index is 1010. The number of benzene rings is 1. The lowest BCUT2D eigenvalue weighted by molar-refractivity contribution is 0.206. The average molecular weight is 442 g/mol. The molecule has 0 aliphatic heterocycles. The van der Waals surface area contributed by atoms with E-state index in [1.54, 1.807) is 25.1 Å². The van der Waals surface area contributed by atoms with Crippen molar-refractivity contribution in [3.8, 4) is 6.01 Å². The summed E-state index contributed by atoms with van der Waals surface area (Å²) in [5.41, 5.74) is 3.14. The fourth-order valence-corrected chi connectivity index (χ4v) is 3.23. The van der Waals surface area contributed by atoms with Crippen molar-refractivity contribution in [2.45, 2.75) is 18.2 Å². The lowest BCUT2D eigenvalue weighted by atomic mass is 10.4. The van der Waals surface area contributed by atoms with Gasteiger partial charge in [0.2, 0.25) is 11.9 Å². The maximum absolute atomic E-state index is 12.3. The third kappa shape index (κ3) is 6.19. The number of hydrogen-bond donors (Lipinski definition) is 3. The van der Waals surface area contributed by atoms with Crippen molar-refractivity contribution >= 4 is 39.6 Å². The molecule has 0 atom stereocenters. The molecule has 0 unspecified atom stereocenters. The van der Waals surface area contributed by atoms with Gasteiger partial charge in [-0.1, -0.05) is 37.2 Å². The first kappa shape index (κ1) is 22.2. The predicted molar refractivity (Wildman–Crippen MR) is 108 cm³/mol.